The van der Waals surface area contributed by atoms with Crippen molar-refractivity contribution in [1.29, 1.82) is 0 Å². The summed E-state index contributed by atoms with van der Waals surface area (Å²) in [5, 5.41) is 0. The number of allylic oxidation sites excluding steroid dienone is 3. The molecule has 0 saturated heterocycles. The van der Waals surface area contributed by atoms with Crippen molar-refractivity contribution >= 4 is 0 Å². The lowest BCUT2D eigenvalue weighted by atomic mass is 9.88. The average Bonchev–Trinajstić information content (AvgIpc) is 1.65. The van der Waals surface area contributed by atoms with Gasteiger partial charge in [-0.15, -0.1) is 0 Å². The van der Waals surface area contributed by atoms with Crippen molar-refractivity contribution < 1.29 is 0 Å². The maximum atomic E-state index is 3.83. The molecule has 1 atom stereocenters. The van der Waals surface area contributed by atoms with E-state index in [0.29, 0.717) is 5.92 Å². The highest BCUT2D eigenvalue weighted by Crippen LogP contribution is 2.24. The molecular formula is C7H10. The predicted octanol–water partition coefficient (Wildman–Crippen LogP) is 2.14. The third-order valence-corrected chi connectivity index (χ3v) is 1.46. The van der Waals surface area contributed by atoms with E-state index < -0.39 is 0 Å². The van der Waals surface area contributed by atoms with Crippen LogP contribution in [0.1, 0.15) is 13.3 Å². The molecule has 1 rings (SSSR count). The normalized spacial score (nSPS) is 27.6. The molecule has 0 aromatic heterocycles. The molecule has 0 fully saturated rings. The Kier molecular flexibility index (Phi) is 1.01. The fraction of sp³-hybridized carbons (Fsp3) is 0.429. The molecule has 1 aliphatic carbocycles. The van der Waals surface area contributed by atoms with Gasteiger partial charge in [0.1, 0.15) is 0 Å². The van der Waals surface area contributed by atoms with E-state index in [-0.39, 0.29) is 0 Å². The quantitative estimate of drug-likeness (QED) is 0.467. The Morgan fingerprint density at radius 2 is 2.57 bits per heavy atom. The summed E-state index contributed by atoms with van der Waals surface area (Å²) in [6.07, 6.45) is 5.49. The summed E-state index contributed by atoms with van der Waals surface area (Å²) < 4.78 is 0. The van der Waals surface area contributed by atoms with Crippen LogP contribution in [-0.4, -0.2) is 0 Å². The van der Waals surface area contributed by atoms with Crippen LogP contribution in [-0.2, 0) is 0 Å². The van der Waals surface area contributed by atoms with Crippen LogP contribution in [0.4, 0.5) is 0 Å². The third-order valence-electron chi connectivity index (χ3n) is 1.46. The molecule has 0 amide bonds. The van der Waals surface area contributed by atoms with Crippen molar-refractivity contribution in [2.24, 2.45) is 5.92 Å². The largest absolute Gasteiger partial charge is 0.0952 e. The molecule has 1 aliphatic rings. The van der Waals surface area contributed by atoms with Crippen molar-refractivity contribution in [3.8, 4) is 0 Å². The number of hydrogen-bond donors (Lipinski definition) is 0. The Morgan fingerprint density at radius 1 is 1.86 bits per heavy atom. The van der Waals surface area contributed by atoms with E-state index >= 15 is 0 Å². The minimum absolute atomic E-state index is 0.708. The molecule has 0 aliphatic heterocycles. The molecule has 0 aromatic carbocycles. The Hall–Kier alpha value is -0.520. The van der Waals surface area contributed by atoms with Gasteiger partial charge in [0.2, 0.25) is 0 Å². The van der Waals surface area contributed by atoms with E-state index in [1.807, 2.05) is 0 Å². The van der Waals surface area contributed by atoms with Crippen molar-refractivity contribution in [3.63, 3.8) is 0 Å². The van der Waals surface area contributed by atoms with E-state index in [2.05, 4.69) is 25.7 Å². The minimum Gasteiger partial charge on any atom is -0.0952 e. The molecule has 0 bridgehead atoms. The second-order valence-electron chi connectivity index (χ2n) is 1.95. The topological polar surface area (TPSA) is 0 Å². The molecule has 0 heterocycles. The summed E-state index contributed by atoms with van der Waals surface area (Å²) in [5.74, 6) is 0.708. The molecule has 0 saturated carbocycles. The van der Waals surface area contributed by atoms with Gasteiger partial charge in [0.25, 0.3) is 0 Å². The van der Waals surface area contributed by atoms with Gasteiger partial charge in [-0.3, -0.25) is 0 Å². The lowest BCUT2D eigenvalue weighted by molar-refractivity contribution is 0.710. The zero-order chi connectivity index (χ0) is 5.28. The van der Waals surface area contributed by atoms with E-state index in [1.165, 1.54) is 12.0 Å². The summed E-state index contributed by atoms with van der Waals surface area (Å²) in [5.41, 5.74) is 1.29. The van der Waals surface area contributed by atoms with Crippen LogP contribution in [0.2, 0.25) is 0 Å². The Morgan fingerprint density at radius 3 is 2.57 bits per heavy atom. The smallest absolute Gasteiger partial charge is 0.00125 e. The summed E-state index contributed by atoms with van der Waals surface area (Å²) in [6, 6.07) is 0. The molecule has 0 spiro atoms. The molecular weight excluding hydrogens is 84.1 g/mol. The van der Waals surface area contributed by atoms with Gasteiger partial charge in [-0.25, -0.2) is 0 Å². The first kappa shape index (κ1) is 4.63. The van der Waals surface area contributed by atoms with Crippen molar-refractivity contribution in [1.82, 2.24) is 0 Å². The Balaban J connectivity index is 2.49. The lowest BCUT2D eigenvalue weighted by Crippen LogP contribution is -2.03. The first-order valence-corrected chi connectivity index (χ1v) is 2.71. The van der Waals surface area contributed by atoms with Gasteiger partial charge in [-0.05, 0) is 12.0 Å². The fourth-order valence-electron chi connectivity index (χ4n) is 0.767. The van der Waals surface area contributed by atoms with Gasteiger partial charge < -0.3 is 0 Å². The monoisotopic (exact) mass is 94.1 g/mol. The summed E-state index contributed by atoms with van der Waals surface area (Å²) >= 11 is 0. The molecule has 0 heteroatoms. The first-order chi connectivity index (χ1) is 3.34. The zero-order valence-corrected chi connectivity index (χ0v) is 4.65. The SMILES string of the molecule is C=C1C=CC1CC. The molecule has 0 aromatic rings. The van der Waals surface area contributed by atoms with Crippen LogP contribution in [0.25, 0.3) is 0 Å². The van der Waals surface area contributed by atoms with Gasteiger partial charge in [0.05, 0.1) is 0 Å². The molecule has 0 nitrogen and oxygen atoms in total. The van der Waals surface area contributed by atoms with Gasteiger partial charge in [-0.2, -0.15) is 0 Å². The molecule has 0 N–H and O–H groups in total. The highest BCUT2D eigenvalue weighted by Gasteiger charge is 2.10. The molecule has 1 unspecified atom stereocenters. The fourth-order valence-corrected chi connectivity index (χ4v) is 0.767. The van der Waals surface area contributed by atoms with Crippen LogP contribution >= 0.6 is 0 Å². The van der Waals surface area contributed by atoms with Crippen LogP contribution in [0, 0.1) is 5.92 Å². The van der Waals surface area contributed by atoms with Crippen LogP contribution in [0.5, 0.6) is 0 Å². The minimum atomic E-state index is 0.708. The van der Waals surface area contributed by atoms with E-state index in [0.717, 1.165) is 0 Å². The lowest BCUT2D eigenvalue weighted by Gasteiger charge is -2.17. The Bertz CT molecular complexity index is 109. The van der Waals surface area contributed by atoms with Crippen LogP contribution in [0.3, 0.4) is 0 Å². The van der Waals surface area contributed by atoms with E-state index in [9.17, 15) is 0 Å². The maximum absolute atomic E-state index is 3.83. The highest BCUT2D eigenvalue weighted by molar-refractivity contribution is 5.32. The Labute approximate surface area is 44.5 Å². The molecule has 7 heavy (non-hydrogen) atoms. The average molecular weight is 94.2 g/mol. The van der Waals surface area contributed by atoms with Crippen molar-refractivity contribution in [3.05, 3.63) is 24.3 Å². The first-order valence-electron chi connectivity index (χ1n) is 2.71. The molecule has 38 valence electrons. The second-order valence-corrected chi connectivity index (χ2v) is 1.95. The van der Waals surface area contributed by atoms with Crippen molar-refractivity contribution in [2.45, 2.75) is 13.3 Å². The summed E-state index contributed by atoms with van der Waals surface area (Å²) in [6.45, 7) is 6.01. The predicted molar refractivity (Wildman–Crippen MR) is 32.1 cm³/mol. The van der Waals surface area contributed by atoms with Gasteiger partial charge >= 0.3 is 0 Å². The van der Waals surface area contributed by atoms with E-state index in [4.69, 9.17) is 0 Å². The zero-order valence-electron chi connectivity index (χ0n) is 4.65. The number of hydrogen-bond acceptors (Lipinski definition) is 0. The van der Waals surface area contributed by atoms with Gasteiger partial charge in [0, 0.05) is 5.92 Å². The summed E-state index contributed by atoms with van der Waals surface area (Å²) in [4.78, 5) is 0. The summed E-state index contributed by atoms with van der Waals surface area (Å²) in [7, 11) is 0. The van der Waals surface area contributed by atoms with Crippen LogP contribution in [0.15, 0.2) is 24.3 Å². The van der Waals surface area contributed by atoms with Crippen LogP contribution < -0.4 is 0 Å². The van der Waals surface area contributed by atoms with Gasteiger partial charge in [0.15, 0.2) is 0 Å². The number of rotatable bonds is 1. The second kappa shape index (κ2) is 1.53. The highest BCUT2D eigenvalue weighted by atomic mass is 14.1. The standard InChI is InChI=1S/C7H10/c1-3-7-5-4-6(7)2/h4-5,7H,2-3H2,1H3. The maximum Gasteiger partial charge on any atom is 0.00125 e. The van der Waals surface area contributed by atoms with E-state index in [1.54, 1.807) is 0 Å². The van der Waals surface area contributed by atoms with Crippen molar-refractivity contribution in [2.75, 3.05) is 0 Å². The third kappa shape index (κ3) is 0.604. The molecule has 0 radical (unpaired) electrons. The van der Waals surface area contributed by atoms with Gasteiger partial charge in [-0.1, -0.05) is 25.7 Å².